The molecule has 0 spiro atoms. The predicted molar refractivity (Wildman–Crippen MR) is 73.6 cm³/mol. The summed E-state index contributed by atoms with van der Waals surface area (Å²) in [5.74, 6) is 1.27. The van der Waals surface area contributed by atoms with Crippen molar-refractivity contribution in [2.75, 3.05) is 5.32 Å². The van der Waals surface area contributed by atoms with Crippen LogP contribution in [0.4, 0.5) is 5.95 Å². The molecule has 7 heteroatoms. The van der Waals surface area contributed by atoms with Gasteiger partial charge in [0.15, 0.2) is 5.82 Å². The zero-order chi connectivity index (χ0) is 13.8. The summed E-state index contributed by atoms with van der Waals surface area (Å²) in [5.41, 5.74) is 1.85. The molecule has 1 N–H and O–H groups in total. The Morgan fingerprint density at radius 3 is 2.70 bits per heavy atom. The number of anilines is 1. The van der Waals surface area contributed by atoms with Crippen LogP contribution in [0.3, 0.4) is 0 Å². The zero-order valence-corrected chi connectivity index (χ0v) is 10.9. The minimum Gasteiger partial charge on any atom is -0.350 e. The van der Waals surface area contributed by atoms with Crippen LogP contribution in [0.1, 0.15) is 5.56 Å². The topological polar surface area (TPSA) is 81.4 Å². The first-order chi connectivity index (χ1) is 9.83. The van der Waals surface area contributed by atoms with Crippen LogP contribution in [-0.2, 0) is 13.6 Å². The molecule has 7 nitrogen and oxygen atoms in total. The van der Waals surface area contributed by atoms with Gasteiger partial charge in [0.2, 0.25) is 5.95 Å². The Bertz CT molecular complexity index is 693. The maximum atomic E-state index is 4.43. The molecule has 0 aliphatic heterocycles. The van der Waals surface area contributed by atoms with E-state index in [0.29, 0.717) is 18.3 Å². The van der Waals surface area contributed by atoms with Gasteiger partial charge in [0.25, 0.3) is 0 Å². The van der Waals surface area contributed by atoms with Crippen LogP contribution in [0.5, 0.6) is 0 Å². The summed E-state index contributed by atoms with van der Waals surface area (Å²) in [6.45, 7) is 0.644. The smallest absolute Gasteiger partial charge is 0.223 e. The Morgan fingerprint density at radius 1 is 1.10 bits per heavy atom. The van der Waals surface area contributed by atoms with Gasteiger partial charge >= 0.3 is 0 Å². The first-order valence-electron chi connectivity index (χ1n) is 6.13. The Hall–Kier alpha value is -2.83. The molecule has 3 aromatic rings. The van der Waals surface area contributed by atoms with Gasteiger partial charge in [0, 0.05) is 32.2 Å². The van der Waals surface area contributed by atoms with Crippen molar-refractivity contribution in [3.05, 3.63) is 48.7 Å². The number of aryl methyl sites for hydroxylation is 1. The fourth-order valence-electron chi connectivity index (χ4n) is 1.78. The second-order valence-corrected chi connectivity index (χ2v) is 4.18. The van der Waals surface area contributed by atoms with E-state index in [2.05, 4.69) is 30.4 Å². The second kappa shape index (κ2) is 5.43. The van der Waals surface area contributed by atoms with Crippen LogP contribution in [0, 0.1) is 0 Å². The fraction of sp³-hybridized carbons (Fsp3) is 0.154. The average molecular weight is 267 g/mol. The van der Waals surface area contributed by atoms with Crippen molar-refractivity contribution < 1.29 is 0 Å². The molecule has 0 saturated heterocycles. The first-order valence-corrected chi connectivity index (χ1v) is 6.13. The molecular weight excluding hydrogens is 254 g/mol. The molecule has 3 aromatic heterocycles. The Labute approximate surface area is 115 Å². The summed E-state index contributed by atoms with van der Waals surface area (Å²) in [6.07, 6.45) is 6.72. The third-order valence-corrected chi connectivity index (χ3v) is 2.80. The van der Waals surface area contributed by atoms with Gasteiger partial charge in [-0.2, -0.15) is 5.10 Å². The maximum absolute atomic E-state index is 4.43. The molecule has 0 saturated carbocycles. The van der Waals surface area contributed by atoms with Gasteiger partial charge in [0.05, 0.1) is 0 Å². The Morgan fingerprint density at radius 2 is 1.95 bits per heavy atom. The largest absolute Gasteiger partial charge is 0.350 e. The third-order valence-electron chi connectivity index (χ3n) is 2.80. The molecular formula is C13H13N7. The number of nitrogens with one attached hydrogen (secondary N) is 1. The van der Waals surface area contributed by atoms with Crippen LogP contribution in [-0.4, -0.2) is 29.7 Å². The minimum absolute atomic E-state index is 0.558. The predicted octanol–water partition coefficient (Wildman–Crippen LogP) is 1.28. The molecule has 0 fully saturated rings. The maximum Gasteiger partial charge on any atom is 0.223 e. The highest BCUT2D eigenvalue weighted by molar-refractivity contribution is 5.50. The van der Waals surface area contributed by atoms with Gasteiger partial charge < -0.3 is 5.32 Å². The van der Waals surface area contributed by atoms with E-state index in [4.69, 9.17) is 0 Å². The number of hydrogen-bond acceptors (Lipinski definition) is 6. The van der Waals surface area contributed by atoms with Gasteiger partial charge in [0.1, 0.15) is 12.0 Å². The van der Waals surface area contributed by atoms with E-state index in [0.717, 1.165) is 11.3 Å². The van der Waals surface area contributed by atoms with Gasteiger partial charge in [-0.1, -0.05) is 0 Å². The number of nitrogens with zero attached hydrogens (tertiary/aromatic N) is 6. The molecule has 20 heavy (non-hydrogen) atoms. The third kappa shape index (κ3) is 2.61. The van der Waals surface area contributed by atoms with E-state index >= 15 is 0 Å². The van der Waals surface area contributed by atoms with Gasteiger partial charge in [-0.25, -0.2) is 19.6 Å². The van der Waals surface area contributed by atoms with Crippen LogP contribution in [0.25, 0.3) is 11.5 Å². The highest BCUT2D eigenvalue weighted by Gasteiger charge is 2.07. The van der Waals surface area contributed by atoms with Gasteiger partial charge in [-0.05, 0) is 23.8 Å². The van der Waals surface area contributed by atoms with Crippen molar-refractivity contribution in [1.29, 1.82) is 0 Å². The summed E-state index contributed by atoms with van der Waals surface area (Å²) in [4.78, 5) is 16.8. The van der Waals surface area contributed by atoms with E-state index in [1.165, 1.54) is 6.33 Å². The van der Waals surface area contributed by atoms with E-state index < -0.39 is 0 Å². The average Bonchev–Trinajstić information content (AvgIpc) is 2.93. The second-order valence-electron chi connectivity index (χ2n) is 4.18. The van der Waals surface area contributed by atoms with Gasteiger partial charge in [-0.3, -0.25) is 4.98 Å². The molecule has 100 valence electrons. The van der Waals surface area contributed by atoms with Crippen LogP contribution in [0.15, 0.2) is 43.1 Å². The number of hydrogen-bond donors (Lipinski definition) is 1. The van der Waals surface area contributed by atoms with Crippen molar-refractivity contribution >= 4 is 5.95 Å². The molecule has 3 rings (SSSR count). The number of rotatable bonds is 4. The van der Waals surface area contributed by atoms with Crippen molar-refractivity contribution in [1.82, 2.24) is 29.7 Å². The minimum atomic E-state index is 0.558. The van der Waals surface area contributed by atoms with E-state index in [9.17, 15) is 0 Å². The molecule has 0 radical (unpaired) electrons. The lowest BCUT2D eigenvalue weighted by atomic mass is 10.3. The normalized spacial score (nSPS) is 10.4. The van der Waals surface area contributed by atoms with E-state index in [-0.39, 0.29) is 0 Å². The van der Waals surface area contributed by atoms with Crippen molar-refractivity contribution in [2.45, 2.75) is 6.54 Å². The monoisotopic (exact) mass is 267 g/mol. The van der Waals surface area contributed by atoms with Crippen molar-refractivity contribution in [2.24, 2.45) is 7.05 Å². The van der Waals surface area contributed by atoms with Crippen LogP contribution >= 0.6 is 0 Å². The fourth-order valence-corrected chi connectivity index (χ4v) is 1.78. The summed E-state index contributed by atoms with van der Waals surface area (Å²) in [7, 11) is 1.83. The molecule has 0 bridgehead atoms. The molecule has 0 aliphatic carbocycles. The van der Waals surface area contributed by atoms with Gasteiger partial charge in [-0.15, -0.1) is 0 Å². The molecule has 0 amide bonds. The Kier molecular flexibility index (Phi) is 3.32. The molecule has 0 aromatic carbocycles. The van der Waals surface area contributed by atoms with E-state index in [1.807, 2.05) is 25.2 Å². The zero-order valence-electron chi connectivity index (χ0n) is 10.9. The number of pyridine rings is 1. The quantitative estimate of drug-likeness (QED) is 0.767. The summed E-state index contributed by atoms with van der Waals surface area (Å²) in [6, 6.07) is 5.70. The standard InChI is InChI=1S/C13H13N7/c1-20-12(17-9-18-20)11-4-7-15-13(19-11)16-8-10-2-5-14-6-3-10/h2-7,9H,8H2,1H3,(H,15,16,19). The summed E-state index contributed by atoms with van der Waals surface area (Å²) < 4.78 is 1.68. The lowest BCUT2D eigenvalue weighted by Crippen LogP contribution is -2.05. The Balaban J connectivity index is 1.77. The highest BCUT2D eigenvalue weighted by Crippen LogP contribution is 2.13. The molecule has 0 atom stereocenters. The summed E-state index contributed by atoms with van der Waals surface area (Å²) >= 11 is 0. The molecule has 0 aliphatic rings. The molecule has 3 heterocycles. The lowest BCUT2D eigenvalue weighted by Gasteiger charge is -2.06. The van der Waals surface area contributed by atoms with E-state index in [1.54, 1.807) is 23.3 Å². The summed E-state index contributed by atoms with van der Waals surface area (Å²) in [5, 5.41) is 7.21. The number of aromatic nitrogens is 6. The van der Waals surface area contributed by atoms with Crippen LogP contribution in [0.2, 0.25) is 0 Å². The first kappa shape index (κ1) is 12.2. The van der Waals surface area contributed by atoms with Crippen LogP contribution < -0.4 is 5.32 Å². The highest BCUT2D eigenvalue weighted by atomic mass is 15.3. The lowest BCUT2D eigenvalue weighted by molar-refractivity contribution is 0.771. The SMILES string of the molecule is Cn1ncnc1-c1ccnc(NCc2ccncc2)n1. The van der Waals surface area contributed by atoms with Crippen molar-refractivity contribution in [3.8, 4) is 11.5 Å². The molecule has 0 unspecified atom stereocenters. The van der Waals surface area contributed by atoms with Crippen molar-refractivity contribution in [3.63, 3.8) is 0 Å².